The predicted molar refractivity (Wildman–Crippen MR) is 92.3 cm³/mol. The van der Waals surface area contributed by atoms with Crippen LogP contribution in [-0.4, -0.2) is 26.2 Å². The highest BCUT2D eigenvalue weighted by Crippen LogP contribution is 2.20. The molecule has 4 nitrogen and oxygen atoms in total. The van der Waals surface area contributed by atoms with Crippen LogP contribution >= 0.6 is 23.2 Å². The minimum Gasteiger partial charge on any atom is -0.378 e. The first-order chi connectivity index (χ1) is 10.5. The van der Waals surface area contributed by atoms with Gasteiger partial charge in [0.05, 0.1) is 16.8 Å². The summed E-state index contributed by atoms with van der Waals surface area (Å²) in [5.41, 5.74) is 4.74. The summed E-state index contributed by atoms with van der Waals surface area (Å²) in [5.74, 6) is -0.386. The van der Waals surface area contributed by atoms with E-state index in [1.807, 2.05) is 43.3 Å². The predicted octanol–water partition coefficient (Wildman–Crippen LogP) is 3.82. The summed E-state index contributed by atoms with van der Waals surface area (Å²) in [6.07, 6.45) is 1.57. The maximum absolute atomic E-state index is 12.0. The van der Waals surface area contributed by atoms with Crippen molar-refractivity contribution in [3.8, 4) is 0 Å². The van der Waals surface area contributed by atoms with E-state index in [9.17, 15) is 4.79 Å². The van der Waals surface area contributed by atoms with E-state index in [-0.39, 0.29) is 10.9 Å². The Kier molecular flexibility index (Phi) is 5.41. The van der Waals surface area contributed by atoms with Crippen LogP contribution in [0.1, 0.15) is 15.9 Å². The van der Waals surface area contributed by atoms with Gasteiger partial charge in [-0.05, 0) is 35.9 Å². The van der Waals surface area contributed by atoms with Gasteiger partial charge in [0.2, 0.25) is 0 Å². The Bertz CT molecular complexity index is 697. The maximum atomic E-state index is 12.0. The van der Waals surface area contributed by atoms with E-state index in [1.165, 1.54) is 6.07 Å². The van der Waals surface area contributed by atoms with Crippen LogP contribution in [0.5, 0.6) is 0 Å². The van der Waals surface area contributed by atoms with Gasteiger partial charge in [0, 0.05) is 24.8 Å². The Labute approximate surface area is 139 Å². The molecule has 2 rings (SSSR count). The van der Waals surface area contributed by atoms with Gasteiger partial charge in [0.15, 0.2) is 0 Å². The highest BCUT2D eigenvalue weighted by atomic mass is 35.5. The number of rotatable bonds is 4. The largest absolute Gasteiger partial charge is 0.378 e. The monoisotopic (exact) mass is 335 g/mol. The zero-order chi connectivity index (χ0) is 16.1. The van der Waals surface area contributed by atoms with Crippen molar-refractivity contribution < 1.29 is 4.79 Å². The molecule has 0 fully saturated rings. The summed E-state index contributed by atoms with van der Waals surface area (Å²) in [7, 11) is 3.94. The lowest BCUT2D eigenvalue weighted by molar-refractivity contribution is 0.0955. The van der Waals surface area contributed by atoms with E-state index >= 15 is 0 Å². The van der Waals surface area contributed by atoms with Crippen LogP contribution in [-0.2, 0) is 0 Å². The normalized spacial score (nSPS) is 10.7. The number of hydrogen-bond donors (Lipinski definition) is 1. The molecular formula is C16H15Cl2N3O. The quantitative estimate of drug-likeness (QED) is 0.681. The molecule has 2 aromatic carbocycles. The lowest BCUT2D eigenvalue weighted by Crippen LogP contribution is -2.18. The number of nitrogens with one attached hydrogen (secondary N) is 1. The number of benzene rings is 2. The third kappa shape index (κ3) is 4.23. The number of carbonyl (C=O) groups is 1. The SMILES string of the molecule is CN(C)c1ccc(C=NNC(=O)c2ccc(Cl)cc2Cl)cc1. The fraction of sp³-hybridized carbons (Fsp3) is 0.125. The zero-order valence-corrected chi connectivity index (χ0v) is 13.7. The molecular weight excluding hydrogens is 321 g/mol. The van der Waals surface area contributed by atoms with Crippen molar-refractivity contribution in [3.63, 3.8) is 0 Å². The minimum absolute atomic E-state index is 0.288. The Morgan fingerprint density at radius 1 is 1.14 bits per heavy atom. The second-order valence-corrected chi connectivity index (χ2v) is 5.65. The highest BCUT2D eigenvalue weighted by Gasteiger charge is 2.09. The van der Waals surface area contributed by atoms with Crippen molar-refractivity contribution in [1.29, 1.82) is 0 Å². The molecule has 6 heteroatoms. The van der Waals surface area contributed by atoms with E-state index < -0.39 is 0 Å². The number of hydrazone groups is 1. The molecule has 1 amide bonds. The third-order valence-electron chi connectivity index (χ3n) is 2.96. The molecule has 0 aliphatic rings. The van der Waals surface area contributed by atoms with Crippen molar-refractivity contribution in [3.05, 3.63) is 63.6 Å². The topological polar surface area (TPSA) is 44.7 Å². The molecule has 0 aliphatic carbocycles. The van der Waals surface area contributed by atoms with Crippen LogP contribution in [0.3, 0.4) is 0 Å². The summed E-state index contributed by atoms with van der Waals surface area (Å²) in [5, 5.41) is 4.69. The first-order valence-corrected chi connectivity index (χ1v) is 7.29. The minimum atomic E-state index is -0.386. The maximum Gasteiger partial charge on any atom is 0.272 e. The highest BCUT2D eigenvalue weighted by molar-refractivity contribution is 6.36. The molecule has 0 unspecified atom stereocenters. The fourth-order valence-electron chi connectivity index (χ4n) is 1.76. The number of nitrogens with zero attached hydrogens (tertiary/aromatic N) is 2. The van der Waals surface area contributed by atoms with Crippen molar-refractivity contribution in [2.45, 2.75) is 0 Å². The van der Waals surface area contributed by atoms with Gasteiger partial charge < -0.3 is 4.90 Å². The van der Waals surface area contributed by atoms with Gasteiger partial charge in [-0.2, -0.15) is 5.10 Å². The van der Waals surface area contributed by atoms with E-state index in [0.29, 0.717) is 10.6 Å². The van der Waals surface area contributed by atoms with Gasteiger partial charge in [0.25, 0.3) is 5.91 Å². The lowest BCUT2D eigenvalue weighted by atomic mass is 10.2. The number of halogens is 2. The van der Waals surface area contributed by atoms with Crippen molar-refractivity contribution in [1.82, 2.24) is 5.43 Å². The van der Waals surface area contributed by atoms with Crippen molar-refractivity contribution in [2.75, 3.05) is 19.0 Å². The lowest BCUT2D eigenvalue weighted by Gasteiger charge is -2.11. The first-order valence-electron chi connectivity index (χ1n) is 6.53. The van der Waals surface area contributed by atoms with E-state index in [4.69, 9.17) is 23.2 Å². The fourth-order valence-corrected chi connectivity index (χ4v) is 2.25. The molecule has 22 heavy (non-hydrogen) atoms. The third-order valence-corrected chi connectivity index (χ3v) is 3.51. The summed E-state index contributed by atoms with van der Waals surface area (Å²) in [6, 6.07) is 12.5. The van der Waals surface area contributed by atoms with E-state index in [1.54, 1.807) is 18.3 Å². The summed E-state index contributed by atoms with van der Waals surface area (Å²) < 4.78 is 0. The second kappa shape index (κ2) is 7.29. The molecule has 0 radical (unpaired) electrons. The zero-order valence-electron chi connectivity index (χ0n) is 12.2. The van der Waals surface area contributed by atoms with Crippen molar-refractivity contribution in [2.24, 2.45) is 5.10 Å². The molecule has 0 spiro atoms. The van der Waals surface area contributed by atoms with Crippen LogP contribution in [0.15, 0.2) is 47.6 Å². The average Bonchev–Trinajstić information content (AvgIpc) is 2.47. The first kappa shape index (κ1) is 16.3. The number of amides is 1. The number of anilines is 1. The van der Waals surface area contributed by atoms with Gasteiger partial charge in [-0.3, -0.25) is 4.79 Å². The van der Waals surface area contributed by atoms with Crippen LogP contribution in [0.25, 0.3) is 0 Å². The summed E-state index contributed by atoms with van der Waals surface area (Å²) >= 11 is 11.8. The Hall–Kier alpha value is -2.04. The summed E-state index contributed by atoms with van der Waals surface area (Å²) in [4.78, 5) is 14.0. The van der Waals surface area contributed by atoms with Crippen LogP contribution in [0, 0.1) is 0 Å². The molecule has 1 N–H and O–H groups in total. The average molecular weight is 336 g/mol. The number of hydrogen-bond acceptors (Lipinski definition) is 3. The van der Waals surface area contributed by atoms with Gasteiger partial charge in [0.1, 0.15) is 0 Å². The number of carbonyl (C=O) groups excluding carboxylic acids is 1. The van der Waals surface area contributed by atoms with E-state index in [2.05, 4.69) is 10.5 Å². The molecule has 0 saturated heterocycles. The molecule has 0 saturated carbocycles. The molecule has 0 heterocycles. The summed E-state index contributed by atoms with van der Waals surface area (Å²) in [6.45, 7) is 0. The molecule has 0 aliphatic heterocycles. The van der Waals surface area contributed by atoms with Gasteiger partial charge in [-0.1, -0.05) is 35.3 Å². The molecule has 0 bridgehead atoms. The van der Waals surface area contributed by atoms with Crippen LogP contribution in [0.2, 0.25) is 10.0 Å². The van der Waals surface area contributed by atoms with Crippen LogP contribution in [0.4, 0.5) is 5.69 Å². The van der Waals surface area contributed by atoms with Gasteiger partial charge >= 0.3 is 0 Å². The van der Waals surface area contributed by atoms with E-state index in [0.717, 1.165) is 11.3 Å². The molecule has 114 valence electrons. The Balaban J connectivity index is 2.01. The van der Waals surface area contributed by atoms with Crippen molar-refractivity contribution >= 4 is 41.0 Å². The van der Waals surface area contributed by atoms with Gasteiger partial charge in [-0.25, -0.2) is 5.43 Å². The Morgan fingerprint density at radius 2 is 1.82 bits per heavy atom. The standard InChI is InChI=1S/C16H15Cl2N3O/c1-21(2)13-6-3-11(4-7-13)10-19-20-16(22)14-8-5-12(17)9-15(14)18/h3-10H,1-2H3,(H,20,22). The Morgan fingerprint density at radius 3 is 2.41 bits per heavy atom. The molecule has 0 aromatic heterocycles. The smallest absolute Gasteiger partial charge is 0.272 e. The molecule has 2 aromatic rings. The molecule has 0 atom stereocenters. The van der Waals surface area contributed by atoms with Gasteiger partial charge in [-0.15, -0.1) is 0 Å². The van der Waals surface area contributed by atoms with Crippen LogP contribution < -0.4 is 10.3 Å². The second-order valence-electron chi connectivity index (χ2n) is 4.81.